The van der Waals surface area contributed by atoms with Crippen LogP contribution in [0.5, 0.6) is 0 Å². The van der Waals surface area contributed by atoms with Crippen molar-refractivity contribution in [3.63, 3.8) is 0 Å². The summed E-state index contributed by atoms with van der Waals surface area (Å²) in [5.41, 5.74) is 5.27. The molecule has 0 aromatic rings. The number of hydrogen-bond acceptors (Lipinski definition) is 4. The lowest BCUT2D eigenvalue weighted by atomic mass is 10.2. The molecule has 0 spiro atoms. The van der Waals surface area contributed by atoms with Crippen molar-refractivity contribution in [3.8, 4) is 0 Å². The summed E-state index contributed by atoms with van der Waals surface area (Å²) in [6.07, 6.45) is 0.973. The highest BCUT2D eigenvalue weighted by molar-refractivity contribution is 7.80. The molecule has 0 saturated carbocycles. The summed E-state index contributed by atoms with van der Waals surface area (Å²) in [6.45, 7) is 2.84. The van der Waals surface area contributed by atoms with Crippen LogP contribution in [0.2, 0.25) is 0 Å². The van der Waals surface area contributed by atoms with Gasteiger partial charge in [-0.25, -0.2) is 0 Å². The molecule has 0 rings (SSSR count). The Kier molecular flexibility index (Phi) is 8.12. The molecule has 0 aromatic carbocycles. The van der Waals surface area contributed by atoms with Crippen molar-refractivity contribution in [2.24, 2.45) is 5.73 Å². The molecule has 0 aliphatic heterocycles. The van der Waals surface area contributed by atoms with Crippen LogP contribution in [-0.4, -0.2) is 36.7 Å². The third kappa shape index (κ3) is 6.35. The van der Waals surface area contributed by atoms with E-state index in [1.54, 1.807) is 0 Å². The molecule has 15 heavy (non-hydrogen) atoms. The fourth-order valence-corrected chi connectivity index (χ4v) is 1.28. The third-order valence-corrected chi connectivity index (χ3v) is 2.16. The predicted molar refractivity (Wildman–Crippen MR) is 62.8 cm³/mol. The summed E-state index contributed by atoms with van der Waals surface area (Å²) in [6, 6.07) is -0.557. The Balaban J connectivity index is 3.97. The van der Waals surface area contributed by atoms with E-state index in [2.05, 4.69) is 23.3 Å². The first-order valence-corrected chi connectivity index (χ1v) is 5.66. The summed E-state index contributed by atoms with van der Waals surface area (Å²) in [7, 11) is 0. The molecule has 1 atom stereocenters. The molecule has 5 nitrogen and oxygen atoms in total. The minimum atomic E-state index is -0.557. The van der Waals surface area contributed by atoms with Gasteiger partial charge in [0, 0.05) is 18.7 Å². The first-order valence-electron chi connectivity index (χ1n) is 5.03. The van der Waals surface area contributed by atoms with Gasteiger partial charge < -0.3 is 16.4 Å². The minimum absolute atomic E-state index is 0.161. The Hall–Kier alpha value is -0.750. The van der Waals surface area contributed by atoms with Gasteiger partial charge in [-0.15, -0.1) is 0 Å². The van der Waals surface area contributed by atoms with Gasteiger partial charge >= 0.3 is 0 Å². The maximum absolute atomic E-state index is 11.4. The van der Waals surface area contributed by atoms with Gasteiger partial charge in [0.05, 0.1) is 0 Å². The fraction of sp³-hybridized carbons (Fsp3) is 0.778. The molecule has 0 bridgehead atoms. The van der Waals surface area contributed by atoms with Gasteiger partial charge in [0.25, 0.3) is 0 Å². The molecular weight excluding hydrogens is 214 g/mol. The van der Waals surface area contributed by atoms with Crippen LogP contribution in [-0.2, 0) is 9.59 Å². The van der Waals surface area contributed by atoms with E-state index in [0.717, 1.165) is 0 Å². The highest BCUT2D eigenvalue weighted by Crippen LogP contribution is 1.92. The molecule has 0 aliphatic rings. The van der Waals surface area contributed by atoms with Crippen molar-refractivity contribution in [2.75, 3.05) is 18.8 Å². The van der Waals surface area contributed by atoms with E-state index in [9.17, 15) is 9.59 Å². The van der Waals surface area contributed by atoms with Gasteiger partial charge in [-0.05, 0) is 19.9 Å². The maximum atomic E-state index is 11.4. The Morgan fingerprint density at radius 2 is 2.13 bits per heavy atom. The molecule has 0 saturated heterocycles. The van der Waals surface area contributed by atoms with Gasteiger partial charge in [0.2, 0.25) is 11.8 Å². The standard InChI is InChI=1S/C9H19N3O2S/c1-2-11-9(14)7(6-15)12-8(13)4-3-5-10/h7,15H,2-6,10H2,1H3,(H,11,14)(H,12,13). The molecule has 0 heterocycles. The quantitative estimate of drug-likeness (QED) is 0.438. The van der Waals surface area contributed by atoms with Gasteiger partial charge in [-0.3, -0.25) is 9.59 Å². The number of thiol groups is 1. The summed E-state index contributed by atoms with van der Waals surface area (Å²) in [4.78, 5) is 22.7. The molecule has 0 fully saturated rings. The van der Waals surface area contributed by atoms with Crippen LogP contribution >= 0.6 is 12.6 Å². The second kappa shape index (κ2) is 8.55. The molecule has 6 heteroatoms. The van der Waals surface area contributed by atoms with E-state index in [1.165, 1.54) is 0 Å². The van der Waals surface area contributed by atoms with E-state index in [-0.39, 0.29) is 11.8 Å². The van der Waals surface area contributed by atoms with Crippen LogP contribution < -0.4 is 16.4 Å². The topological polar surface area (TPSA) is 84.2 Å². The number of hydrogen-bond donors (Lipinski definition) is 4. The normalized spacial score (nSPS) is 11.9. The highest BCUT2D eigenvalue weighted by Gasteiger charge is 2.17. The highest BCUT2D eigenvalue weighted by atomic mass is 32.1. The van der Waals surface area contributed by atoms with Crippen LogP contribution in [0.1, 0.15) is 19.8 Å². The Bertz CT molecular complexity index is 212. The molecule has 88 valence electrons. The van der Waals surface area contributed by atoms with Crippen LogP contribution in [0.15, 0.2) is 0 Å². The zero-order valence-electron chi connectivity index (χ0n) is 8.95. The summed E-state index contributed by atoms with van der Waals surface area (Å²) >= 11 is 4.01. The predicted octanol–water partition coefficient (Wildman–Crippen LogP) is -0.724. The molecule has 0 radical (unpaired) electrons. The third-order valence-electron chi connectivity index (χ3n) is 1.79. The minimum Gasteiger partial charge on any atom is -0.355 e. The van der Waals surface area contributed by atoms with E-state index in [1.807, 2.05) is 6.92 Å². The average Bonchev–Trinajstić information content (AvgIpc) is 2.23. The molecule has 4 N–H and O–H groups in total. The number of carbonyl (C=O) groups excluding carboxylic acids is 2. The van der Waals surface area contributed by atoms with E-state index >= 15 is 0 Å². The molecule has 0 aromatic heterocycles. The van der Waals surface area contributed by atoms with Crippen molar-refractivity contribution in [1.29, 1.82) is 0 Å². The molecule has 0 aliphatic carbocycles. The molecule has 2 amide bonds. The Morgan fingerprint density at radius 3 is 2.60 bits per heavy atom. The average molecular weight is 233 g/mol. The molecule has 1 unspecified atom stereocenters. The lowest BCUT2D eigenvalue weighted by molar-refractivity contribution is -0.128. The SMILES string of the molecule is CCNC(=O)C(CS)NC(=O)CCCN. The van der Waals surface area contributed by atoms with Crippen molar-refractivity contribution in [1.82, 2.24) is 10.6 Å². The van der Waals surface area contributed by atoms with E-state index in [0.29, 0.717) is 31.7 Å². The summed E-state index contributed by atoms with van der Waals surface area (Å²) < 4.78 is 0. The number of rotatable bonds is 7. The number of amides is 2. The number of nitrogens with two attached hydrogens (primary N) is 1. The summed E-state index contributed by atoms with van der Waals surface area (Å²) in [5.74, 6) is -0.0698. The van der Waals surface area contributed by atoms with Gasteiger partial charge in [-0.1, -0.05) is 0 Å². The van der Waals surface area contributed by atoms with Gasteiger partial charge in [-0.2, -0.15) is 12.6 Å². The first kappa shape index (κ1) is 14.2. The first-order chi connectivity index (χ1) is 7.15. The van der Waals surface area contributed by atoms with Crippen molar-refractivity contribution < 1.29 is 9.59 Å². The van der Waals surface area contributed by atoms with Crippen LogP contribution in [0.25, 0.3) is 0 Å². The smallest absolute Gasteiger partial charge is 0.243 e. The van der Waals surface area contributed by atoms with E-state index < -0.39 is 6.04 Å². The zero-order valence-corrected chi connectivity index (χ0v) is 9.85. The molecular formula is C9H19N3O2S. The van der Waals surface area contributed by atoms with Crippen molar-refractivity contribution >= 4 is 24.4 Å². The van der Waals surface area contributed by atoms with Crippen LogP contribution in [0.3, 0.4) is 0 Å². The van der Waals surface area contributed by atoms with Crippen LogP contribution in [0, 0.1) is 0 Å². The Morgan fingerprint density at radius 1 is 1.47 bits per heavy atom. The van der Waals surface area contributed by atoms with Gasteiger partial charge in [0.1, 0.15) is 6.04 Å². The lowest BCUT2D eigenvalue weighted by Gasteiger charge is -2.15. The fourth-order valence-electron chi connectivity index (χ4n) is 1.02. The van der Waals surface area contributed by atoms with Crippen molar-refractivity contribution in [3.05, 3.63) is 0 Å². The largest absolute Gasteiger partial charge is 0.355 e. The summed E-state index contributed by atoms with van der Waals surface area (Å²) in [5, 5.41) is 5.23. The van der Waals surface area contributed by atoms with Crippen LogP contribution in [0.4, 0.5) is 0 Å². The number of carbonyl (C=O) groups is 2. The van der Waals surface area contributed by atoms with E-state index in [4.69, 9.17) is 5.73 Å². The maximum Gasteiger partial charge on any atom is 0.243 e. The monoisotopic (exact) mass is 233 g/mol. The second-order valence-electron chi connectivity index (χ2n) is 3.09. The van der Waals surface area contributed by atoms with Crippen molar-refractivity contribution in [2.45, 2.75) is 25.8 Å². The van der Waals surface area contributed by atoms with Gasteiger partial charge in [0.15, 0.2) is 0 Å². The zero-order chi connectivity index (χ0) is 11.7. The Labute approximate surface area is 95.6 Å². The number of likely N-dealkylation sites (N-methyl/N-ethyl adjacent to an activating group) is 1. The lowest BCUT2D eigenvalue weighted by Crippen LogP contribution is -2.47. The second-order valence-corrected chi connectivity index (χ2v) is 3.45. The number of nitrogens with one attached hydrogen (secondary N) is 2.